The van der Waals surface area contributed by atoms with Crippen LogP contribution in [0.2, 0.25) is 5.02 Å². The molecule has 2 heteroatoms. The molecule has 102 valence electrons. The Labute approximate surface area is 125 Å². The molecule has 0 aliphatic carbocycles. The van der Waals surface area contributed by atoms with Crippen LogP contribution in [0.4, 0.5) is 0 Å². The van der Waals surface area contributed by atoms with Crippen molar-refractivity contribution in [2.24, 2.45) is 0 Å². The van der Waals surface area contributed by atoms with Crippen LogP contribution in [0.1, 0.15) is 11.1 Å². The summed E-state index contributed by atoms with van der Waals surface area (Å²) in [6, 6.07) is 18.0. The number of ether oxygens (including phenoxy) is 1. The molecule has 0 saturated heterocycles. The fraction of sp³-hybridized carbons (Fsp3) is 0.111. The first-order valence-electron chi connectivity index (χ1n) is 6.50. The Morgan fingerprint density at radius 1 is 1.05 bits per heavy atom. The summed E-state index contributed by atoms with van der Waals surface area (Å²) in [5, 5.41) is 0.726. The Hall–Kier alpha value is -1.99. The monoisotopic (exact) mass is 284 g/mol. The average Bonchev–Trinajstić information content (AvgIpc) is 2.50. The molecule has 20 heavy (non-hydrogen) atoms. The molecular formula is C18H17ClO. The van der Waals surface area contributed by atoms with Crippen molar-refractivity contribution >= 4 is 17.4 Å². The molecule has 0 aliphatic heterocycles. The van der Waals surface area contributed by atoms with Gasteiger partial charge >= 0.3 is 0 Å². The van der Waals surface area contributed by atoms with Crippen molar-refractivity contribution in [3.63, 3.8) is 0 Å². The number of hydrogen-bond donors (Lipinski definition) is 0. The molecule has 0 amide bonds. The molecule has 0 fully saturated rings. The number of rotatable bonds is 5. The second-order valence-corrected chi connectivity index (χ2v) is 4.80. The normalized spacial score (nSPS) is 11.8. The second-order valence-electron chi connectivity index (χ2n) is 4.36. The fourth-order valence-corrected chi connectivity index (χ4v) is 2.00. The summed E-state index contributed by atoms with van der Waals surface area (Å²) in [5.74, 6) is 0.825. The molecule has 0 saturated carbocycles. The summed E-state index contributed by atoms with van der Waals surface area (Å²) in [7, 11) is 1.67. The van der Waals surface area contributed by atoms with E-state index in [1.54, 1.807) is 7.11 Å². The minimum Gasteiger partial charge on any atom is -0.496 e. The molecule has 2 aromatic carbocycles. The van der Waals surface area contributed by atoms with Gasteiger partial charge in [0, 0.05) is 10.6 Å². The molecule has 0 unspecified atom stereocenters. The standard InChI is InChI=1S/C18H17ClO/c1-20-18(16-11-13-17(19)14-12-16)10-6-5-9-15-7-3-2-4-8-15/h2-8,10-14H,9H2,1H3/b6-5+,18-10-. The molecular weight excluding hydrogens is 268 g/mol. The van der Waals surface area contributed by atoms with Gasteiger partial charge in [-0.25, -0.2) is 0 Å². The third kappa shape index (κ3) is 4.29. The van der Waals surface area contributed by atoms with Gasteiger partial charge in [-0.2, -0.15) is 0 Å². The van der Waals surface area contributed by atoms with E-state index in [1.807, 2.05) is 54.6 Å². The summed E-state index contributed by atoms with van der Waals surface area (Å²) >= 11 is 5.88. The van der Waals surface area contributed by atoms with Crippen LogP contribution in [0.15, 0.2) is 72.8 Å². The van der Waals surface area contributed by atoms with Crippen LogP contribution >= 0.6 is 11.6 Å². The van der Waals surface area contributed by atoms with Gasteiger partial charge in [0.2, 0.25) is 0 Å². The smallest absolute Gasteiger partial charge is 0.126 e. The predicted molar refractivity (Wildman–Crippen MR) is 85.7 cm³/mol. The third-order valence-electron chi connectivity index (χ3n) is 2.93. The van der Waals surface area contributed by atoms with Crippen molar-refractivity contribution in [1.29, 1.82) is 0 Å². The van der Waals surface area contributed by atoms with Crippen molar-refractivity contribution in [2.45, 2.75) is 6.42 Å². The van der Waals surface area contributed by atoms with Crippen LogP contribution in [0.25, 0.3) is 5.76 Å². The lowest BCUT2D eigenvalue weighted by atomic mass is 10.1. The highest BCUT2D eigenvalue weighted by Gasteiger charge is 1.99. The SMILES string of the molecule is CO/C(=C\C=C\Cc1ccccc1)c1ccc(Cl)cc1. The number of benzene rings is 2. The van der Waals surface area contributed by atoms with Crippen LogP contribution in [0.5, 0.6) is 0 Å². The van der Waals surface area contributed by atoms with Gasteiger partial charge in [0.25, 0.3) is 0 Å². The zero-order valence-corrected chi connectivity index (χ0v) is 12.2. The molecule has 0 N–H and O–H groups in total. The lowest BCUT2D eigenvalue weighted by Gasteiger charge is -2.05. The highest BCUT2D eigenvalue weighted by Crippen LogP contribution is 2.18. The Balaban J connectivity index is 2.02. The molecule has 0 aliphatic rings. The van der Waals surface area contributed by atoms with Crippen LogP contribution in [0.3, 0.4) is 0 Å². The number of methoxy groups -OCH3 is 1. The molecule has 0 radical (unpaired) electrons. The van der Waals surface area contributed by atoms with Crippen molar-refractivity contribution in [3.05, 3.63) is 89.0 Å². The van der Waals surface area contributed by atoms with E-state index in [-0.39, 0.29) is 0 Å². The van der Waals surface area contributed by atoms with Gasteiger partial charge in [0.15, 0.2) is 0 Å². The summed E-state index contributed by atoms with van der Waals surface area (Å²) in [6.45, 7) is 0. The zero-order valence-electron chi connectivity index (χ0n) is 11.4. The topological polar surface area (TPSA) is 9.23 Å². The quantitative estimate of drug-likeness (QED) is 0.546. The van der Waals surface area contributed by atoms with Gasteiger partial charge in [-0.3, -0.25) is 0 Å². The highest BCUT2D eigenvalue weighted by atomic mass is 35.5. The van der Waals surface area contributed by atoms with Crippen molar-refractivity contribution in [1.82, 2.24) is 0 Å². The van der Waals surface area contributed by atoms with E-state index in [9.17, 15) is 0 Å². The van der Waals surface area contributed by atoms with Gasteiger partial charge < -0.3 is 4.74 Å². The number of allylic oxidation sites excluding steroid dienone is 3. The Bertz CT molecular complexity index is 583. The zero-order chi connectivity index (χ0) is 14.2. The first kappa shape index (κ1) is 14.4. The first-order chi connectivity index (χ1) is 9.79. The van der Waals surface area contributed by atoms with E-state index >= 15 is 0 Å². The Morgan fingerprint density at radius 3 is 2.40 bits per heavy atom. The van der Waals surface area contributed by atoms with Crippen LogP contribution in [-0.4, -0.2) is 7.11 Å². The van der Waals surface area contributed by atoms with E-state index in [4.69, 9.17) is 16.3 Å². The molecule has 0 atom stereocenters. The molecule has 0 aromatic heterocycles. The summed E-state index contributed by atoms with van der Waals surface area (Å²) < 4.78 is 5.40. The molecule has 1 nitrogen and oxygen atoms in total. The van der Waals surface area contributed by atoms with Crippen molar-refractivity contribution in [2.75, 3.05) is 7.11 Å². The maximum absolute atomic E-state index is 5.88. The largest absolute Gasteiger partial charge is 0.496 e. The summed E-state index contributed by atoms with van der Waals surface area (Å²) in [5.41, 5.74) is 2.31. The maximum atomic E-state index is 5.88. The fourth-order valence-electron chi connectivity index (χ4n) is 1.87. The highest BCUT2D eigenvalue weighted by molar-refractivity contribution is 6.30. The van der Waals surface area contributed by atoms with Gasteiger partial charge in [0.05, 0.1) is 7.11 Å². The molecule has 2 aromatic rings. The van der Waals surface area contributed by atoms with E-state index in [1.165, 1.54) is 5.56 Å². The van der Waals surface area contributed by atoms with Crippen molar-refractivity contribution < 1.29 is 4.74 Å². The average molecular weight is 285 g/mol. The van der Waals surface area contributed by atoms with Crippen LogP contribution in [0, 0.1) is 0 Å². The molecule has 0 bridgehead atoms. The van der Waals surface area contributed by atoms with E-state index in [0.717, 1.165) is 22.8 Å². The second kappa shape index (κ2) is 7.56. The van der Waals surface area contributed by atoms with Crippen molar-refractivity contribution in [3.8, 4) is 0 Å². The van der Waals surface area contributed by atoms with Gasteiger partial charge in [-0.1, -0.05) is 54.1 Å². The Kier molecular flexibility index (Phi) is 5.45. The Morgan fingerprint density at radius 2 is 1.75 bits per heavy atom. The number of halogens is 1. The first-order valence-corrected chi connectivity index (χ1v) is 6.88. The lowest BCUT2D eigenvalue weighted by Crippen LogP contribution is -1.86. The van der Waals surface area contributed by atoms with Gasteiger partial charge in [-0.15, -0.1) is 0 Å². The predicted octanol–water partition coefficient (Wildman–Crippen LogP) is 5.13. The minimum atomic E-state index is 0.726. The molecule has 2 rings (SSSR count). The van der Waals surface area contributed by atoms with E-state index in [0.29, 0.717) is 0 Å². The minimum absolute atomic E-state index is 0.726. The molecule has 0 spiro atoms. The van der Waals surface area contributed by atoms with E-state index < -0.39 is 0 Å². The summed E-state index contributed by atoms with van der Waals surface area (Å²) in [4.78, 5) is 0. The van der Waals surface area contributed by atoms with Crippen LogP contribution in [-0.2, 0) is 11.2 Å². The van der Waals surface area contributed by atoms with E-state index in [2.05, 4.69) is 18.2 Å². The number of hydrogen-bond acceptors (Lipinski definition) is 1. The van der Waals surface area contributed by atoms with Gasteiger partial charge in [-0.05, 0) is 42.3 Å². The van der Waals surface area contributed by atoms with Crippen LogP contribution < -0.4 is 0 Å². The molecule has 0 heterocycles. The van der Waals surface area contributed by atoms with Gasteiger partial charge in [0.1, 0.15) is 5.76 Å². The maximum Gasteiger partial charge on any atom is 0.126 e. The lowest BCUT2D eigenvalue weighted by molar-refractivity contribution is 0.370. The summed E-state index contributed by atoms with van der Waals surface area (Å²) in [6.07, 6.45) is 7.01. The third-order valence-corrected chi connectivity index (χ3v) is 3.18.